The third kappa shape index (κ3) is 2.67. The molecule has 0 aromatic heterocycles. The van der Waals surface area contributed by atoms with E-state index in [0.717, 1.165) is 17.1 Å². The molecule has 132 valence electrons. The Kier molecular flexibility index (Phi) is 4.04. The van der Waals surface area contributed by atoms with Crippen molar-refractivity contribution in [1.82, 2.24) is 10.2 Å². The van der Waals surface area contributed by atoms with E-state index in [2.05, 4.69) is 15.3 Å². The van der Waals surface area contributed by atoms with E-state index in [4.69, 9.17) is 9.47 Å². The average molecular weight is 350 g/mol. The Hall–Kier alpha value is -3.35. The monoisotopic (exact) mass is 350 g/mol. The summed E-state index contributed by atoms with van der Waals surface area (Å²) in [5, 5.41) is 2.90. The van der Waals surface area contributed by atoms with Gasteiger partial charge in [0, 0.05) is 18.2 Å². The number of methoxy groups -OCH3 is 2. The van der Waals surface area contributed by atoms with Crippen LogP contribution in [0, 0.1) is 0 Å². The van der Waals surface area contributed by atoms with Crippen LogP contribution in [-0.2, 0) is 0 Å². The van der Waals surface area contributed by atoms with Gasteiger partial charge in [-0.15, -0.1) is 0 Å². The molecular formula is C19H18N4O3. The molecule has 2 aliphatic heterocycles. The van der Waals surface area contributed by atoms with E-state index in [9.17, 15) is 4.79 Å². The summed E-state index contributed by atoms with van der Waals surface area (Å²) in [4.78, 5) is 23.9. The van der Waals surface area contributed by atoms with Gasteiger partial charge in [-0.1, -0.05) is 12.1 Å². The number of nitrogens with one attached hydrogen (secondary N) is 1. The maximum absolute atomic E-state index is 12.8. The van der Waals surface area contributed by atoms with Crippen LogP contribution in [0.1, 0.15) is 15.9 Å². The van der Waals surface area contributed by atoms with Gasteiger partial charge in [-0.2, -0.15) is 0 Å². The molecule has 4 rings (SSSR count). The number of para-hydroxylation sites is 1. The van der Waals surface area contributed by atoms with E-state index >= 15 is 0 Å². The largest absolute Gasteiger partial charge is 0.497 e. The SMILES string of the molecule is COc1ccc(C(=O)NC2=Nc3ccccc3C3=NCCN23)c(OC)c1. The minimum atomic E-state index is -0.297. The molecule has 2 aliphatic rings. The van der Waals surface area contributed by atoms with Crippen LogP contribution in [0.25, 0.3) is 0 Å². The number of amidine groups is 1. The van der Waals surface area contributed by atoms with Crippen molar-refractivity contribution in [2.24, 2.45) is 9.98 Å². The Balaban J connectivity index is 1.66. The van der Waals surface area contributed by atoms with Gasteiger partial charge >= 0.3 is 0 Å². The smallest absolute Gasteiger partial charge is 0.261 e. The fraction of sp³-hybridized carbons (Fsp3) is 0.211. The summed E-state index contributed by atoms with van der Waals surface area (Å²) >= 11 is 0. The molecule has 2 heterocycles. The molecule has 2 aromatic rings. The second kappa shape index (κ2) is 6.51. The number of hydrogen-bond donors (Lipinski definition) is 1. The van der Waals surface area contributed by atoms with Gasteiger partial charge in [0.25, 0.3) is 5.91 Å². The molecule has 1 amide bonds. The highest BCUT2D eigenvalue weighted by Gasteiger charge is 2.30. The molecule has 0 unspecified atom stereocenters. The topological polar surface area (TPSA) is 75.5 Å². The van der Waals surface area contributed by atoms with Crippen molar-refractivity contribution in [3.05, 3.63) is 53.6 Å². The molecule has 26 heavy (non-hydrogen) atoms. The zero-order chi connectivity index (χ0) is 18.1. The molecule has 0 atom stereocenters. The first-order valence-electron chi connectivity index (χ1n) is 8.24. The highest BCUT2D eigenvalue weighted by molar-refractivity contribution is 6.19. The molecule has 0 fully saturated rings. The lowest BCUT2D eigenvalue weighted by molar-refractivity contribution is 0.0971. The fourth-order valence-corrected chi connectivity index (χ4v) is 3.07. The van der Waals surface area contributed by atoms with Crippen molar-refractivity contribution in [3.63, 3.8) is 0 Å². The van der Waals surface area contributed by atoms with E-state index < -0.39 is 0 Å². The van der Waals surface area contributed by atoms with Gasteiger partial charge in [0.15, 0.2) is 0 Å². The summed E-state index contributed by atoms with van der Waals surface area (Å²) in [6.07, 6.45) is 0. The molecule has 0 saturated carbocycles. The number of nitrogens with zero attached hydrogens (tertiary/aromatic N) is 3. The first-order chi connectivity index (χ1) is 12.7. The number of aliphatic imine (C=N–C) groups is 2. The summed E-state index contributed by atoms with van der Waals surface area (Å²) in [6, 6.07) is 12.8. The number of rotatable bonds is 3. The lowest BCUT2D eigenvalue weighted by Gasteiger charge is -2.27. The molecule has 7 heteroatoms. The first kappa shape index (κ1) is 16.1. The molecule has 0 saturated heterocycles. The summed E-state index contributed by atoms with van der Waals surface area (Å²) in [6.45, 7) is 1.35. The van der Waals surface area contributed by atoms with Crippen LogP contribution in [0.15, 0.2) is 52.4 Å². The Morgan fingerprint density at radius 1 is 1.15 bits per heavy atom. The number of benzene rings is 2. The summed E-state index contributed by atoms with van der Waals surface area (Å²) < 4.78 is 10.5. The zero-order valence-corrected chi connectivity index (χ0v) is 14.5. The lowest BCUT2D eigenvalue weighted by Crippen LogP contribution is -2.47. The third-order valence-corrected chi connectivity index (χ3v) is 4.35. The van der Waals surface area contributed by atoms with Crippen LogP contribution in [0.5, 0.6) is 11.5 Å². The first-order valence-corrected chi connectivity index (χ1v) is 8.24. The maximum atomic E-state index is 12.8. The second-order valence-corrected chi connectivity index (χ2v) is 5.83. The van der Waals surface area contributed by atoms with E-state index in [-0.39, 0.29) is 5.91 Å². The van der Waals surface area contributed by atoms with E-state index in [1.807, 2.05) is 29.2 Å². The third-order valence-electron chi connectivity index (χ3n) is 4.35. The molecule has 7 nitrogen and oxygen atoms in total. The zero-order valence-electron chi connectivity index (χ0n) is 14.5. The van der Waals surface area contributed by atoms with Crippen molar-refractivity contribution in [3.8, 4) is 11.5 Å². The second-order valence-electron chi connectivity index (χ2n) is 5.83. The number of ether oxygens (including phenoxy) is 2. The number of carbonyl (C=O) groups excluding carboxylic acids is 1. The van der Waals surface area contributed by atoms with Crippen molar-refractivity contribution in [2.45, 2.75) is 0 Å². The average Bonchev–Trinajstić information content (AvgIpc) is 3.18. The van der Waals surface area contributed by atoms with Gasteiger partial charge < -0.3 is 9.47 Å². The fourth-order valence-electron chi connectivity index (χ4n) is 3.07. The van der Waals surface area contributed by atoms with Crippen molar-refractivity contribution >= 4 is 23.4 Å². The van der Waals surface area contributed by atoms with Gasteiger partial charge in [0.1, 0.15) is 17.3 Å². The number of fused-ring (bicyclic) bond motifs is 3. The standard InChI is InChI=1S/C19H18N4O3/c1-25-12-7-8-14(16(11-12)26-2)18(24)22-19-21-15-6-4-3-5-13(15)17-20-9-10-23(17)19/h3-8,11H,9-10H2,1-2H3,(H,21,22,24). The molecule has 0 radical (unpaired) electrons. The van der Waals surface area contributed by atoms with Gasteiger partial charge in [-0.05, 0) is 24.3 Å². The molecular weight excluding hydrogens is 332 g/mol. The van der Waals surface area contributed by atoms with E-state index in [1.54, 1.807) is 25.3 Å². The van der Waals surface area contributed by atoms with Gasteiger partial charge in [0.2, 0.25) is 5.96 Å². The van der Waals surface area contributed by atoms with Crippen LogP contribution in [-0.4, -0.2) is 49.9 Å². The summed E-state index contributed by atoms with van der Waals surface area (Å²) in [5.41, 5.74) is 2.18. The maximum Gasteiger partial charge on any atom is 0.261 e. The number of carbonyl (C=O) groups is 1. The quantitative estimate of drug-likeness (QED) is 0.921. The van der Waals surface area contributed by atoms with E-state index in [1.165, 1.54) is 7.11 Å². The summed E-state index contributed by atoms with van der Waals surface area (Å²) in [7, 11) is 3.09. The van der Waals surface area contributed by atoms with Crippen LogP contribution in [0.4, 0.5) is 5.69 Å². The normalized spacial score (nSPS) is 14.8. The van der Waals surface area contributed by atoms with Crippen molar-refractivity contribution in [1.29, 1.82) is 0 Å². The highest BCUT2D eigenvalue weighted by Crippen LogP contribution is 2.28. The molecule has 0 bridgehead atoms. The molecule has 1 N–H and O–H groups in total. The number of amides is 1. The molecule has 2 aromatic carbocycles. The van der Waals surface area contributed by atoms with Gasteiger partial charge in [-0.3, -0.25) is 20.0 Å². The van der Waals surface area contributed by atoms with Crippen LogP contribution < -0.4 is 14.8 Å². The number of guanidine groups is 1. The Bertz CT molecular complexity index is 936. The van der Waals surface area contributed by atoms with Crippen molar-refractivity contribution in [2.75, 3.05) is 27.3 Å². The van der Waals surface area contributed by atoms with Crippen LogP contribution in [0.3, 0.4) is 0 Å². The summed E-state index contributed by atoms with van der Waals surface area (Å²) in [5.74, 6) is 2.08. The predicted molar refractivity (Wildman–Crippen MR) is 98.7 cm³/mol. The Morgan fingerprint density at radius 2 is 2.00 bits per heavy atom. The van der Waals surface area contributed by atoms with Crippen LogP contribution >= 0.6 is 0 Å². The molecule has 0 spiro atoms. The predicted octanol–water partition coefficient (Wildman–Crippen LogP) is 2.20. The minimum Gasteiger partial charge on any atom is -0.497 e. The highest BCUT2D eigenvalue weighted by atomic mass is 16.5. The van der Waals surface area contributed by atoms with Gasteiger partial charge in [0.05, 0.1) is 32.0 Å². The van der Waals surface area contributed by atoms with Crippen LogP contribution in [0.2, 0.25) is 0 Å². The van der Waals surface area contributed by atoms with E-state index in [0.29, 0.717) is 36.1 Å². The Labute approximate surface area is 151 Å². The van der Waals surface area contributed by atoms with Crippen molar-refractivity contribution < 1.29 is 14.3 Å². The number of hydrogen-bond acceptors (Lipinski definition) is 6. The Morgan fingerprint density at radius 3 is 2.81 bits per heavy atom. The van der Waals surface area contributed by atoms with Gasteiger partial charge in [-0.25, -0.2) is 4.99 Å². The lowest BCUT2D eigenvalue weighted by atomic mass is 10.1. The minimum absolute atomic E-state index is 0.297. The molecule has 0 aliphatic carbocycles.